The van der Waals surface area contributed by atoms with Crippen LogP contribution in [0.3, 0.4) is 0 Å². The van der Waals surface area contributed by atoms with Crippen LogP contribution >= 0.6 is 0 Å². The van der Waals surface area contributed by atoms with Crippen molar-refractivity contribution in [2.24, 2.45) is 0 Å². The summed E-state index contributed by atoms with van der Waals surface area (Å²) in [5.74, 6) is 0.0586. The van der Waals surface area contributed by atoms with Crippen molar-refractivity contribution in [3.8, 4) is 11.1 Å². The highest BCUT2D eigenvalue weighted by molar-refractivity contribution is 5.96. The first-order chi connectivity index (χ1) is 11.8. The van der Waals surface area contributed by atoms with E-state index in [-0.39, 0.29) is 5.91 Å². The molecule has 0 atom stereocenters. The average Bonchev–Trinajstić information content (AvgIpc) is 2.63. The number of carbonyl (C=O) groups is 1. The number of amides is 1. The molecule has 4 heteroatoms. The minimum absolute atomic E-state index is 0.0586. The number of nitrogens with one attached hydrogen (secondary N) is 1. The van der Waals surface area contributed by atoms with Crippen molar-refractivity contribution in [1.82, 2.24) is 9.80 Å². The number of benzene rings is 2. The molecule has 0 radical (unpaired) electrons. The van der Waals surface area contributed by atoms with E-state index in [1.165, 1.54) is 0 Å². The molecule has 1 heterocycles. The molecule has 0 bridgehead atoms. The number of anilines is 1. The maximum Gasteiger partial charge on any atom is 0.238 e. The fourth-order valence-corrected chi connectivity index (χ4v) is 3.12. The van der Waals surface area contributed by atoms with Crippen LogP contribution in [-0.2, 0) is 4.79 Å². The molecular weight excluding hydrogens is 298 g/mol. The first-order valence-electron chi connectivity index (χ1n) is 8.65. The molecule has 0 saturated carbocycles. The minimum atomic E-state index is 0.0586. The summed E-state index contributed by atoms with van der Waals surface area (Å²) in [4.78, 5) is 17.1. The first-order valence-corrected chi connectivity index (χ1v) is 8.65. The Kier molecular flexibility index (Phi) is 5.62. The number of hydrogen-bond acceptors (Lipinski definition) is 3. The van der Waals surface area contributed by atoms with Gasteiger partial charge in [-0.05, 0) is 18.2 Å². The molecule has 24 heavy (non-hydrogen) atoms. The fourth-order valence-electron chi connectivity index (χ4n) is 3.12. The summed E-state index contributed by atoms with van der Waals surface area (Å²) in [5.41, 5.74) is 3.05. The van der Waals surface area contributed by atoms with Gasteiger partial charge in [0.2, 0.25) is 5.91 Å². The van der Waals surface area contributed by atoms with Gasteiger partial charge in [0.1, 0.15) is 0 Å². The molecule has 0 aromatic heterocycles. The Hall–Kier alpha value is -2.17. The summed E-state index contributed by atoms with van der Waals surface area (Å²) in [6.07, 6.45) is 0. The Balaban J connectivity index is 1.63. The van der Waals surface area contributed by atoms with E-state index in [4.69, 9.17) is 0 Å². The zero-order valence-electron chi connectivity index (χ0n) is 14.2. The van der Waals surface area contributed by atoms with Crippen molar-refractivity contribution >= 4 is 11.6 Å². The van der Waals surface area contributed by atoms with Gasteiger partial charge in [-0.1, -0.05) is 55.5 Å². The Morgan fingerprint density at radius 1 is 0.917 bits per heavy atom. The molecule has 1 fully saturated rings. The van der Waals surface area contributed by atoms with Crippen LogP contribution in [0.4, 0.5) is 5.69 Å². The fraction of sp³-hybridized carbons (Fsp3) is 0.350. The molecule has 1 N–H and O–H groups in total. The van der Waals surface area contributed by atoms with Gasteiger partial charge in [0.15, 0.2) is 0 Å². The van der Waals surface area contributed by atoms with Gasteiger partial charge in [-0.2, -0.15) is 0 Å². The van der Waals surface area contributed by atoms with E-state index < -0.39 is 0 Å². The second-order valence-corrected chi connectivity index (χ2v) is 6.17. The number of carbonyl (C=O) groups excluding carboxylic acids is 1. The zero-order chi connectivity index (χ0) is 16.8. The molecule has 126 valence electrons. The smallest absolute Gasteiger partial charge is 0.238 e. The SMILES string of the molecule is CCN1CCN(CC(=O)Nc2ccccc2-c2ccccc2)CC1. The van der Waals surface area contributed by atoms with Crippen LogP contribution in [0.25, 0.3) is 11.1 Å². The lowest BCUT2D eigenvalue weighted by Gasteiger charge is -2.33. The largest absolute Gasteiger partial charge is 0.324 e. The normalized spacial score (nSPS) is 16.0. The quantitative estimate of drug-likeness (QED) is 0.919. The molecule has 3 rings (SSSR count). The molecule has 0 unspecified atom stereocenters. The summed E-state index contributed by atoms with van der Waals surface area (Å²) in [6, 6.07) is 18.1. The van der Waals surface area contributed by atoms with Crippen LogP contribution in [0, 0.1) is 0 Å². The summed E-state index contributed by atoms with van der Waals surface area (Å²) >= 11 is 0. The monoisotopic (exact) mass is 323 g/mol. The van der Waals surface area contributed by atoms with Gasteiger partial charge in [0.25, 0.3) is 0 Å². The van der Waals surface area contributed by atoms with Crippen molar-refractivity contribution in [3.05, 3.63) is 54.6 Å². The lowest BCUT2D eigenvalue weighted by molar-refractivity contribution is -0.117. The van der Waals surface area contributed by atoms with E-state index in [1.54, 1.807) is 0 Å². The van der Waals surface area contributed by atoms with Gasteiger partial charge in [0, 0.05) is 37.4 Å². The molecule has 1 amide bonds. The topological polar surface area (TPSA) is 35.6 Å². The van der Waals surface area contributed by atoms with Crippen LogP contribution in [0.2, 0.25) is 0 Å². The molecule has 0 aliphatic carbocycles. The van der Waals surface area contributed by atoms with Crippen molar-refractivity contribution in [1.29, 1.82) is 0 Å². The number of likely N-dealkylation sites (N-methyl/N-ethyl adjacent to an activating group) is 1. The Morgan fingerprint density at radius 3 is 2.25 bits per heavy atom. The Bertz CT molecular complexity index is 664. The van der Waals surface area contributed by atoms with E-state index in [1.807, 2.05) is 42.5 Å². The molecule has 2 aromatic rings. The van der Waals surface area contributed by atoms with Crippen LogP contribution in [0.15, 0.2) is 54.6 Å². The standard InChI is InChI=1S/C20H25N3O/c1-2-22-12-14-23(15-13-22)16-20(24)21-19-11-7-6-10-18(19)17-8-4-3-5-9-17/h3-11H,2,12-16H2,1H3,(H,21,24). The van der Waals surface area contributed by atoms with Crippen LogP contribution in [0.1, 0.15) is 6.92 Å². The third-order valence-corrected chi connectivity index (χ3v) is 4.57. The summed E-state index contributed by atoms with van der Waals surface area (Å²) in [5, 5.41) is 3.09. The maximum absolute atomic E-state index is 12.4. The van der Waals surface area contributed by atoms with Crippen LogP contribution in [0.5, 0.6) is 0 Å². The minimum Gasteiger partial charge on any atom is -0.324 e. The maximum atomic E-state index is 12.4. The van der Waals surface area contributed by atoms with Gasteiger partial charge in [-0.3, -0.25) is 9.69 Å². The third kappa shape index (κ3) is 4.22. The summed E-state index contributed by atoms with van der Waals surface area (Å²) in [6.45, 7) is 7.74. The van der Waals surface area contributed by atoms with E-state index >= 15 is 0 Å². The summed E-state index contributed by atoms with van der Waals surface area (Å²) in [7, 11) is 0. The number of para-hydroxylation sites is 1. The predicted molar refractivity (Wildman–Crippen MR) is 99.1 cm³/mol. The lowest BCUT2D eigenvalue weighted by atomic mass is 10.0. The summed E-state index contributed by atoms with van der Waals surface area (Å²) < 4.78 is 0. The Labute approximate surface area is 144 Å². The van der Waals surface area contributed by atoms with Gasteiger partial charge in [0.05, 0.1) is 6.54 Å². The second-order valence-electron chi connectivity index (χ2n) is 6.17. The number of nitrogens with zero attached hydrogens (tertiary/aromatic N) is 2. The highest BCUT2D eigenvalue weighted by Gasteiger charge is 2.18. The number of piperazine rings is 1. The highest BCUT2D eigenvalue weighted by Crippen LogP contribution is 2.27. The van der Waals surface area contributed by atoms with Crippen LogP contribution < -0.4 is 5.32 Å². The van der Waals surface area contributed by atoms with Gasteiger partial charge < -0.3 is 10.2 Å². The number of rotatable bonds is 5. The molecule has 4 nitrogen and oxygen atoms in total. The van der Waals surface area contributed by atoms with E-state index in [0.717, 1.165) is 49.5 Å². The Morgan fingerprint density at radius 2 is 1.54 bits per heavy atom. The molecule has 1 aliphatic rings. The van der Waals surface area contributed by atoms with Crippen molar-refractivity contribution in [3.63, 3.8) is 0 Å². The molecule has 1 aliphatic heterocycles. The van der Waals surface area contributed by atoms with Gasteiger partial charge >= 0.3 is 0 Å². The highest BCUT2D eigenvalue weighted by atomic mass is 16.2. The van der Waals surface area contributed by atoms with Crippen molar-refractivity contribution < 1.29 is 4.79 Å². The van der Waals surface area contributed by atoms with E-state index in [0.29, 0.717) is 6.54 Å². The van der Waals surface area contributed by atoms with E-state index in [2.05, 4.69) is 34.2 Å². The molecule has 2 aromatic carbocycles. The number of hydrogen-bond donors (Lipinski definition) is 1. The van der Waals surface area contributed by atoms with Gasteiger partial charge in [-0.25, -0.2) is 0 Å². The molecular formula is C20H25N3O. The third-order valence-electron chi connectivity index (χ3n) is 4.57. The second kappa shape index (κ2) is 8.08. The lowest BCUT2D eigenvalue weighted by Crippen LogP contribution is -2.48. The van der Waals surface area contributed by atoms with Crippen LogP contribution in [-0.4, -0.2) is 55.0 Å². The van der Waals surface area contributed by atoms with Crippen molar-refractivity contribution in [2.75, 3.05) is 44.6 Å². The molecule has 1 saturated heterocycles. The van der Waals surface area contributed by atoms with Crippen molar-refractivity contribution in [2.45, 2.75) is 6.92 Å². The zero-order valence-corrected chi connectivity index (χ0v) is 14.2. The van der Waals surface area contributed by atoms with E-state index in [9.17, 15) is 4.79 Å². The predicted octanol–water partition coefficient (Wildman–Crippen LogP) is 2.93. The average molecular weight is 323 g/mol. The molecule has 0 spiro atoms. The first kappa shape index (κ1) is 16.7. The van der Waals surface area contributed by atoms with Gasteiger partial charge in [-0.15, -0.1) is 0 Å².